The van der Waals surface area contributed by atoms with Crippen molar-refractivity contribution in [2.45, 2.75) is 29.3 Å². The summed E-state index contributed by atoms with van der Waals surface area (Å²) >= 11 is 1.33. The number of thioether (sulfide) groups is 1. The molecule has 1 saturated carbocycles. The van der Waals surface area contributed by atoms with Crippen molar-refractivity contribution in [3.63, 3.8) is 0 Å². The molecule has 7 nitrogen and oxygen atoms in total. The number of carbonyl (C=O) groups is 1. The molecule has 1 saturated heterocycles. The molecule has 1 aliphatic carbocycles. The molecule has 1 aliphatic heterocycles. The van der Waals surface area contributed by atoms with Crippen LogP contribution in [0, 0.1) is 5.82 Å². The number of ether oxygens (including phenoxy) is 1. The number of aromatic nitrogens is 3. The van der Waals surface area contributed by atoms with E-state index >= 15 is 0 Å². The van der Waals surface area contributed by atoms with Gasteiger partial charge >= 0.3 is 0 Å². The largest absolute Gasteiger partial charge is 0.378 e. The van der Waals surface area contributed by atoms with Crippen LogP contribution in [0.4, 0.5) is 10.3 Å². The molecule has 2 fully saturated rings. The van der Waals surface area contributed by atoms with Gasteiger partial charge in [0, 0.05) is 26.2 Å². The zero-order chi connectivity index (χ0) is 18.8. The van der Waals surface area contributed by atoms with Gasteiger partial charge in [-0.1, -0.05) is 23.9 Å². The second kappa shape index (κ2) is 7.85. The van der Waals surface area contributed by atoms with Gasteiger partial charge in [0.25, 0.3) is 0 Å². The lowest BCUT2D eigenvalue weighted by molar-refractivity contribution is -0.120. The Hall–Kier alpha value is -2.13. The molecule has 0 radical (unpaired) electrons. The number of morpholine rings is 1. The molecule has 1 N–H and O–H groups in total. The average molecular weight is 391 g/mol. The van der Waals surface area contributed by atoms with Gasteiger partial charge in [0.2, 0.25) is 11.9 Å². The summed E-state index contributed by atoms with van der Waals surface area (Å²) in [7, 11) is 1.90. The SMILES string of the molecule is Cn1c(SC(C(=O)NC2CC2)c2ccc(F)cc2)nnc1N1CCOCC1. The van der Waals surface area contributed by atoms with Crippen molar-refractivity contribution in [1.82, 2.24) is 20.1 Å². The summed E-state index contributed by atoms with van der Waals surface area (Å²) < 4.78 is 20.6. The van der Waals surface area contributed by atoms with Gasteiger partial charge in [0.1, 0.15) is 11.1 Å². The minimum atomic E-state index is -0.508. The van der Waals surface area contributed by atoms with Crippen molar-refractivity contribution in [1.29, 1.82) is 0 Å². The zero-order valence-corrected chi connectivity index (χ0v) is 15.9. The molecule has 4 rings (SSSR count). The third kappa shape index (κ3) is 4.24. The summed E-state index contributed by atoms with van der Waals surface area (Å²) in [5.74, 6) is 0.365. The average Bonchev–Trinajstić information content (AvgIpc) is 3.42. The van der Waals surface area contributed by atoms with E-state index < -0.39 is 5.25 Å². The van der Waals surface area contributed by atoms with Crippen molar-refractivity contribution in [3.8, 4) is 0 Å². The number of anilines is 1. The highest BCUT2D eigenvalue weighted by atomic mass is 32.2. The summed E-state index contributed by atoms with van der Waals surface area (Å²) in [5, 5.41) is 11.8. The number of nitrogens with zero attached hydrogens (tertiary/aromatic N) is 4. The minimum Gasteiger partial charge on any atom is -0.378 e. The fraction of sp³-hybridized carbons (Fsp3) is 0.500. The Morgan fingerprint density at radius 1 is 1.26 bits per heavy atom. The van der Waals surface area contributed by atoms with Gasteiger partial charge in [-0.3, -0.25) is 9.36 Å². The Labute approximate surface area is 161 Å². The fourth-order valence-electron chi connectivity index (χ4n) is 2.97. The number of carbonyl (C=O) groups excluding carboxylic acids is 1. The number of halogens is 1. The predicted octanol–water partition coefficient (Wildman–Crippen LogP) is 1.90. The highest BCUT2D eigenvalue weighted by Gasteiger charge is 2.31. The van der Waals surface area contributed by atoms with E-state index in [1.54, 1.807) is 12.1 Å². The van der Waals surface area contributed by atoms with Gasteiger partial charge in [0.15, 0.2) is 5.16 Å². The van der Waals surface area contributed by atoms with E-state index in [0.29, 0.717) is 18.4 Å². The fourth-order valence-corrected chi connectivity index (χ4v) is 3.98. The zero-order valence-electron chi connectivity index (χ0n) is 15.1. The maximum absolute atomic E-state index is 13.3. The highest BCUT2D eigenvalue weighted by molar-refractivity contribution is 8.00. The molecule has 144 valence electrons. The summed E-state index contributed by atoms with van der Waals surface area (Å²) in [6, 6.07) is 6.31. The molecule has 27 heavy (non-hydrogen) atoms. The van der Waals surface area contributed by atoms with E-state index in [4.69, 9.17) is 4.74 Å². The molecule has 2 heterocycles. The van der Waals surface area contributed by atoms with Crippen LogP contribution in [0.3, 0.4) is 0 Å². The topological polar surface area (TPSA) is 72.3 Å². The smallest absolute Gasteiger partial charge is 0.238 e. The lowest BCUT2D eigenvalue weighted by atomic mass is 10.1. The first kappa shape index (κ1) is 18.2. The van der Waals surface area contributed by atoms with Gasteiger partial charge in [-0.05, 0) is 30.5 Å². The van der Waals surface area contributed by atoms with Crippen molar-refractivity contribution < 1.29 is 13.9 Å². The third-order valence-corrected chi connectivity index (χ3v) is 5.95. The summed E-state index contributed by atoms with van der Waals surface area (Å²) in [6.45, 7) is 2.86. The number of hydrogen-bond donors (Lipinski definition) is 1. The highest BCUT2D eigenvalue weighted by Crippen LogP contribution is 2.36. The summed E-state index contributed by atoms with van der Waals surface area (Å²) in [4.78, 5) is 14.9. The van der Waals surface area contributed by atoms with Crippen molar-refractivity contribution >= 4 is 23.6 Å². The molecule has 9 heteroatoms. The maximum atomic E-state index is 13.3. The molecule has 1 unspecified atom stereocenters. The minimum absolute atomic E-state index is 0.0787. The molecule has 0 spiro atoms. The summed E-state index contributed by atoms with van der Waals surface area (Å²) in [5.41, 5.74) is 0.746. The van der Waals surface area contributed by atoms with Crippen LogP contribution in [0.25, 0.3) is 0 Å². The van der Waals surface area contributed by atoms with Crippen molar-refractivity contribution in [3.05, 3.63) is 35.6 Å². The molecular weight excluding hydrogens is 369 g/mol. The Balaban J connectivity index is 1.56. The van der Waals surface area contributed by atoms with Gasteiger partial charge in [-0.25, -0.2) is 4.39 Å². The van der Waals surface area contributed by atoms with Gasteiger partial charge in [0.05, 0.1) is 13.2 Å². The molecule has 1 aromatic carbocycles. The lowest BCUT2D eigenvalue weighted by Crippen LogP contribution is -2.37. The number of rotatable bonds is 6. The van der Waals surface area contributed by atoms with Crippen LogP contribution in [0.15, 0.2) is 29.4 Å². The third-order valence-electron chi connectivity index (χ3n) is 4.66. The van der Waals surface area contributed by atoms with Crippen LogP contribution in [0.2, 0.25) is 0 Å². The molecule has 2 aromatic rings. The van der Waals surface area contributed by atoms with Gasteiger partial charge in [-0.15, -0.1) is 10.2 Å². The Morgan fingerprint density at radius 2 is 1.96 bits per heavy atom. The Kier molecular flexibility index (Phi) is 5.31. The standard InChI is InChI=1S/C18H22FN5O2S/c1-23-17(24-8-10-26-11-9-24)21-22-18(23)27-15(16(25)20-14-6-7-14)12-2-4-13(19)5-3-12/h2-5,14-15H,6-11H2,1H3,(H,20,25). The van der Waals surface area contributed by atoms with E-state index in [2.05, 4.69) is 20.4 Å². The number of amides is 1. The number of hydrogen-bond acceptors (Lipinski definition) is 6. The quantitative estimate of drug-likeness (QED) is 0.759. The van der Waals surface area contributed by atoms with E-state index in [1.165, 1.54) is 23.9 Å². The first-order chi connectivity index (χ1) is 13.1. The number of nitrogens with one attached hydrogen (secondary N) is 1. The second-order valence-corrected chi connectivity index (χ2v) is 7.85. The Morgan fingerprint density at radius 3 is 2.63 bits per heavy atom. The van der Waals surface area contributed by atoms with E-state index in [0.717, 1.165) is 37.4 Å². The van der Waals surface area contributed by atoms with Gasteiger partial charge in [-0.2, -0.15) is 0 Å². The maximum Gasteiger partial charge on any atom is 0.238 e. The molecular formula is C18H22FN5O2S. The number of benzene rings is 1. The molecule has 1 aromatic heterocycles. The second-order valence-electron chi connectivity index (χ2n) is 6.77. The first-order valence-electron chi connectivity index (χ1n) is 9.06. The van der Waals surface area contributed by atoms with Gasteiger partial charge < -0.3 is 15.0 Å². The van der Waals surface area contributed by atoms with Crippen LogP contribution in [0.1, 0.15) is 23.7 Å². The summed E-state index contributed by atoms with van der Waals surface area (Å²) in [6.07, 6.45) is 2.02. The predicted molar refractivity (Wildman–Crippen MR) is 100 cm³/mol. The lowest BCUT2D eigenvalue weighted by Gasteiger charge is -2.27. The monoisotopic (exact) mass is 391 g/mol. The van der Waals surface area contributed by atoms with E-state index in [1.807, 2.05) is 11.6 Å². The molecule has 1 amide bonds. The van der Waals surface area contributed by atoms with Crippen LogP contribution in [-0.4, -0.2) is 53.0 Å². The first-order valence-corrected chi connectivity index (χ1v) is 9.94. The van der Waals surface area contributed by atoms with Crippen LogP contribution in [-0.2, 0) is 16.6 Å². The van der Waals surface area contributed by atoms with Crippen molar-refractivity contribution in [2.24, 2.45) is 7.05 Å². The van der Waals surface area contributed by atoms with E-state index in [-0.39, 0.29) is 17.8 Å². The Bertz CT molecular complexity index is 803. The molecule has 2 aliphatic rings. The van der Waals surface area contributed by atoms with Crippen LogP contribution < -0.4 is 10.2 Å². The normalized spacial score (nSPS) is 18.4. The van der Waals surface area contributed by atoms with Crippen LogP contribution in [0.5, 0.6) is 0 Å². The molecule has 0 bridgehead atoms. The van der Waals surface area contributed by atoms with Crippen LogP contribution >= 0.6 is 11.8 Å². The van der Waals surface area contributed by atoms with E-state index in [9.17, 15) is 9.18 Å². The van der Waals surface area contributed by atoms with Crippen molar-refractivity contribution in [2.75, 3.05) is 31.2 Å². The molecule has 1 atom stereocenters.